The van der Waals surface area contributed by atoms with Crippen LogP contribution in [0.1, 0.15) is 18.9 Å². The van der Waals surface area contributed by atoms with E-state index in [1.807, 2.05) is 25.4 Å². The number of aryl methyl sites for hydroxylation is 1. The highest BCUT2D eigenvalue weighted by molar-refractivity contribution is 5.79. The average Bonchev–Trinajstić information content (AvgIpc) is 3.06. The van der Waals surface area contributed by atoms with Gasteiger partial charge in [-0.15, -0.1) is 0 Å². The number of benzene rings is 1. The number of rotatable bonds is 0. The second-order valence-electron chi connectivity index (χ2n) is 6.50. The molecule has 4 bridgehead atoms. The van der Waals surface area contributed by atoms with Gasteiger partial charge < -0.3 is 10.6 Å². The second-order valence-corrected chi connectivity index (χ2v) is 6.50. The lowest BCUT2D eigenvalue weighted by Crippen LogP contribution is -2.33. The Kier molecular flexibility index (Phi) is 4.09. The summed E-state index contributed by atoms with van der Waals surface area (Å²) < 4.78 is 1.79. The van der Waals surface area contributed by atoms with Crippen LogP contribution < -0.4 is 10.6 Å². The highest BCUT2D eigenvalue weighted by Gasteiger charge is 2.14. The average molecular weight is 335 g/mol. The third-order valence-corrected chi connectivity index (χ3v) is 4.65. The van der Waals surface area contributed by atoms with Crippen molar-refractivity contribution < 1.29 is 4.79 Å². The Balaban J connectivity index is 1.77. The lowest BCUT2D eigenvalue weighted by molar-refractivity contribution is -0.124. The molecule has 1 aromatic carbocycles. The molecule has 3 aromatic rings. The fraction of sp³-hybridized carbons (Fsp3) is 0.316. The number of aromatic nitrogens is 3. The van der Waals surface area contributed by atoms with Gasteiger partial charge in [-0.3, -0.25) is 4.79 Å². The molecular formula is C19H21N5O. The summed E-state index contributed by atoms with van der Waals surface area (Å²) in [5.74, 6) is 0.881. The Bertz CT molecular complexity index is 917. The van der Waals surface area contributed by atoms with E-state index in [0.717, 1.165) is 35.4 Å². The van der Waals surface area contributed by atoms with E-state index in [1.165, 1.54) is 5.56 Å². The van der Waals surface area contributed by atoms with Crippen LogP contribution >= 0.6 is 0 Å². The molecule has 0 unspecified atom stereocenters. The molecule has 1 aliphatic heterocycles. The summed E-state index contributed by atoms with van der Waals surface area (Å²) in [7, 11) is 0. The summed E-state index contributed by atoms with van der Waals surface area (Å²) in [6.45, 7) is 3.20. The molecule has 0 saturated carbocycles. The van der Waals surface area contributed by atoms with Crippen molar-refractivity contribution in [3.8, 4) is 11.1 Å². The molecule has 1 aliphatic rings. The van der Waals surface area contributed by atoms with Gasteiger partial charge in [-0.05, 0) is 30.0 Å². The first-order valence-electron chi connectivity index (χ1n) is 8.66. The molecule has 2 aromatic heterocycles. The maximum Gasteiger partial charge on any atom is 0.222 e. The number of nitrogens with one attached hydrogen (secondary N) is 2. The predicted molar refractivity (Wildman–Crippen MR) is 97.4 cm³/mol. The van der Waals surface area contributed by atoms with Gasteiger partial charge >= 0.3 is 0 Å². The molecule has 2 N–H and O–H groups in total. The molecule has 0 spiro atoms. The van der Waals surface area contributed by atoms with E-state index in [4.69, 9.17) is 4.98 Å². The quantitative estimate of drug-likeness (QED) is 0.662. The van der Waals surface area contributed by atoms with Crippen LogP contribution in [0.25, 0.3) is 16.8 Å². The Morgan fingerprint density at radius 1 is 1.20 bits per heavy atom. The van der Waals surface area contributed by atoms with Crippen molar-refractivity contribution in [2.75, 3.05) is 18.4 Å². The van der Waals surface area contributed by atoms with E-state index < -0.39 is 0 Å². The van der Waals surface area contributed by atoms with Crippen molar-refractivity contribution in [3.05, 3.63) is 48.3 Å². The normalized spacial score (nSPS) is 18.3. The third kappa shape index (κ3) is 3.20. The lowest BCUT2D eigenvalue weighted by Gasteiger charge is -2.12. The molecule has 6 heteroatoms. The number of amides is 1. The zero-order valence-electron chi connectivity index (χ0n) is 14.2. The summed E-state index contributed by atoms with van der Waals surface area (Å²) in [5, 5.41) is 10.7. The van der Waals surface area contributed by atoms with E-state index in [0.29, 0.717) is 13.1 Å². The van der Waals surface area contributed by atoms with Crippen LogP contribution in [0.5, 0.6) is 0 Å². The van der Waals surface area contributed by atoms with Crippen LogP contribution in [0, 0.1) is 5.92 Å². The standard InChI is InChI=1S/C19H21N5O/c1-13-5-6-14-3-2-4-15(11-14)16-12-22-24-10-7-17(23-18(16)24)20-8-9-21-19(13)25/h2-4,7,10-13H,5-6,8-9H2,1H3,(H,20,23)(H,21,25)/t13-/m0/s1. The van der Waals surface area contributed by atoms with Crippen molar-refractivity contribution >= 4 is 17.4 Å². The van der Waals surface area contributed by atoms with E-state index >= 15 is 0 Å². The fourth-order valence-corrected chi connectivity index (χ4v) is 3.13. The van der Waals surface area contributed by atoms with Gasteiger partial charge in [0.2, 0.25) is 5.91 Å². The number of hydrogen-bond acceptors (Lipinski definition) is 4. The molecule has 4 rings (SSSR count). The van der Waals surface area contributed by atoms with Crippen LogP contribution in [0.4, 0.5) is 5.82 Å². The van der Waals surface area contributed by atoms with Crippen molar-refractivity contribution in [2.45, 2.75) is 19.8 Å². The van der Waals surface area contributed by atoms with Crippen molar-refractivity contribution in [2.24, 2.45) is 5.92 Å². The first kappa shape index (κ1) is 15.6. The van der Waals surface area contributed by atoms with Crippen molar-refractivity contribution in [3.63, 3.8) is 0 Å². The maximum absolute atomic E-state index is 12.2. The number of fused-ring (bicyclic) bond motifs is 4. The highest BCUT2D eigenvalue weighted by atomic mass is 16.1. The Morgan fingerprint density at radius 3 is 3.00 bits per heavy atom. The molecule has 128 valence electrons. The molecule has 0 aliphatic carbocycles. The van der Waals surface area contributed by atoms with Gasteiger partial charge in [-0.1, -0.05) is 31.2 Å². The van der Waals surface area contributed by atoms with Gasteiger partial charge in [0, 0.05) is 30.8 Å². The molecule has 3 heterocycles. The number of hydrogen-bond donors (Lipinski definition) is 2. The second kappa shape index (κ2) is 6.55. The number of nitrogens with zero attached hydrogens (tertiary/aromatic N) is 3. The minimum Gasteiger partial charge on any atom is -0.368 e. The van der Waals surface area contributed by atoms with E-state index in [1.54, 1.807) is 4.52 Å². The van der Waals surface area contributed by atoms with Crippen LogP contribution in [0.15, 0.2) is 42.7 Å². The molecule has 25 heavy (non-hydrogen) atoms. The summed E-state index contributed by atoms with van der Waals surface area (Å²) in [6, 6.07) is 10.3. The van der Waals surface area contributed by atoms with Crippen molar-refractivity contribution in [1.82, 2.24) is 19.9 Å². The van der Waals surface area contributed by atoms with E-state index in [9.17, 15) is 4.79 Å². The Labute approximate surface area is 146 Å². The Morgan fingerprint density at radius 2 is 2.08 bits per heavy atom. The van der Waals surface area contributed by atoms with Gasteiger partial charge in [0.25, 0.3) is 0 Å². The smallest absolute Gasteiger partial charge is 0.222 e. The number of anilines is 1. The third-order valence-electron chi connectivity index (χ3n) is 4.65. The monoisotopic (exact) mass is 335 g/mol. The molecule has 1 atom stereocenters. The lowest BCUT2D eigenvalue weighted by atomic mass is 9.98. The van der Waals surface area contributed by atoms with Gasteiger partial charge in [0.15, 0.2) is 5.65 Å². The Hall–Kier alpha value is -2.89. The molecule has 6 nitrogen and oxygen atoms in total. The zero-order chi connectivity index (χ0) is 17.2. The topological polar surface area (TPSA) is 71.3 Å². The van der Waals surface area contributed by atoms with Crippen LogP contribution in [0.3, 0.4) is 0 Å². The van der Waals surface area contributed by atoms with Gasteiger partial charge in [-0.25, -0.2) is 9.50 Å². The molecule has 0 radical (unpaired) electrons. The number of carbonyl (C=O) groups is 1. The number of carbonyl (C=O) groups excluding carboxylic acids is 1. The summed E-state index contributed by atoms with van der Waals surface area (Å²) in [5.41, 5.74) is 4.17. The fourth-order valence-electron chi connectivity index (χ4n) is 3.13. The van der Waals surface area contributed by atoms with E-state index in [2.05, 4.69) is 40.0 Å². The minimum atomic E-state index is -0.00388. The van der Waals surface area contributed by atoms with Crippen molar-refractivity contribution in [1.29, 1.82) is 0 Å². The van der Waals surface area contributed by atoms with Gasteiger partial charge in [-0.2, -0.15) is 5.10 Å². The maximum atomic E-state index is 12.2. The summed E-state index contributed by atoms with van der Waals surface area (Å²) in [4.78, 5) is 16.9. The van der Waals surface area contributed by atoms with Gasteiger partial charge in [0.1, 0.15) is 5.82 Å². The highest BCUT2D eigenvalue weighted by Crippen LogP contribution is 2.25. The van der Waals surface area contributed by atoms with Crippen LogP contribution in [-0.2, 0) is 11.2 Å². The largest absolute Gasteiger partial charge is 0.368 e. The SMILES string of the molecule is C[C@H]1CCc2cccc(c2)-c2cnn3ccc(nc23)NCCNC1=O. The molecular weight excluding hydrogens is 314 g/mol. The molecule has 1 amide bonds. The first-order chi connectivity index (χ1) is 12.2. The first-order valence-corrected chi connectivity index (χ1v) is 8.66. The zero-order valence-corrected chi connectivity index (χ0v) is 14.2. The molecule has 0 saturated heterocycles. The van der Waals surface area contributed by atoms with Crippen LogP contribution in [-0.4, -0.2) is 33.6 Å². The summed E-state index contributed by atoms with van der Waals surface area (Å²) >= 11 is 0. The van der Waals surface area contributed by atoms with Gasteiger partial charge in [0.05, 0.1) is 6.20 Å². The van der Waals surface area contributed by atoms with E-state index in [-0.39, 0.29) is 11.8 Å². The molecule has 0 fully saturated rings. The predicted octanol–water partition coefficient (Wildman–Crippen LogP) is 2.51. The van der Waals surface area contributed by atoms with Crippen LogP contribution in [0.2, 0.25) is 0 Å². The summed E-state index contributed by atoms with van der Waals surface area (Å²) in [6.07, 6.45) is 5.46. The minimum absolute atomic E-state index is 0.00388.